The van der Waals surface area contributed by atoms with Gasteiger partial charge in [0, 0.05) is 25.6 Å². The summed E-state index contributed by atoms with van der Waals surface area (Å²) in [5.74, 6) is 1.33. The monoisotopic (exact) mass is 168 g/mol. The second-order valence-electron chi connectivity index (χ2n) is 3.63. The number of rotatable bonds is 2. The Labute approximate surface area is 75.7 Å². The normalized spacial score (nSPS) is 22.3. The van der Waals surface area contributed by atoms with Gasteiger partial charge in [-0.1, -0.05) is 0 Å². The van der Waals surface area contributed by atoms with Gasteiger partial charge >= 0.3 is 0 Å². The Morgan fingerprint density at radius 2 is 2.17 bits per heavy atom. The highest BCUT2D eigenvalue weighted by atomic mass is 15.2. The van der Waals surface area contributed by atoms with Crippen LogP contribution in [0.2, 0.25) is 0 Å². The SMILES string of the molecule is CCN=C1CCCCN1C(C)C. The van der Waals surface area contributed by atoms with Crippen molar-refractivity contribution in [3.05, 3.63) is 0 Å². The summed E-state index contributed by atoms with van der Waals surface area (Å²) in [5.41, 5.74) is 0. The largest absolute Gasteiger partial charge is 0.358 e. The molecule has 2 nitrogen and oxygen atoms in total. The average molecular weight is 168 g/mol. The van der Waals surface area contributed by atoms with E-state index in [4.69, 9.17) is 0 Å². The summed E-state index contributed by atoms with van der Waals surface area (Å²) >= 11 is 0. The van der Waals surface area contributed by atoms with Crippen molar-refractivity contribution in [1.82, 2.24) is 4.90 Å². The van der Waals surface area contributed by atoms with Crippen molar-refractivity contribution in [2.24, 2.45) is 4.99 Å². The lowest BCUT2D eigenvalue weighted by Crippen LogP contribution is -2.40. The summed E-state index contributed by atoms with van der Waals surface area (Å²) in [6.07, 6.45) is 3.84. The lowest BCUT2D eigenvalue weighted by Gasteiger charge is -2.33. The molecule has 0 aromatic rings. The number of hydrogen-bond donors (Lipinski definition) is 0. The Morgan fingerprint density at radius 1 is 1.42 bits per heavy atom. The summed E-state index contributed by atoms with van der Waals surface area (Å²) in [6, 6.07) is 0.621. The van der Waals surface area contributed by atoms with Gasteiger partial charge in [0.15, 0.2) is 0 Å². The molecule has 1 aliphatic rings. The van der Waals surface area contributed by atoms with Gasteiger partial charge in [-0.2, -0.15) is 0 Å². The molecule has 2 heteroatoms. The van der Waals surface area contributed by atoms with Gasteiger partial charge in [-0.05, 0) is 33.6 Å². The third kappa shape index (κ3) is 2.23. The van der Waals surface area contributed by atoms with E-state index in [1.165, 1.54) is 31.6 Å². The molecule has 0 bridgehead atoms. The third-order valence-electron chi connectivity index (χ3n) is 2.34. The van der Waals surface area contributed by atoms with Gasteiger partial charge in [-0.3, -0.25) is 4.99 Å². The molecule has 1 fully saturated rings. The van der Waals surface area contributed by atoms with Gasteiger partial charge in [0.25, 0.3) is 0 Å². The second kappa shape index (κ2) is 4.48. The van der Waals surface area contributed by atoms with Gasteiger partial charge in [0.1, 0.15) is 0 Å². The van der Waals surface area contributed by atoms with Crippen LogP contribution in [-0.2, 0) is 0 Å². The quantitative estimate of drug-likeness (QED) is 0.617. The van der Waals surface area contributed by atoms with E-state index in [2.05, 4.69) is 30.7 Å². The van der Waals surface area contributed by atoms with Crippen molar-refractivity contribution >= 4 is 5.84 Å². The minimum Gasteiger partial charge on any atom is -0.358 e. The predicted octanol–water partition coefficient (Wildman–Crippen LogP) is 2.30. The number of amidine groups is 1. The standard InChI is InChI=1S/C10H20N2/c1-4-11-10-7-5-6-8-12(10)9(2)3/h9H,4-8H2,1-3H3. The molecule has 1 heterocycles. The van der Waals surface area contributed by atoms with Gasteiger partial charge in [0.2, 0.25) is 0 Å². The van der Waals surface area contributed by atoms with E-state index in [1.807, 2.05) is 0 Å². The predicted molar refractivity (Wildman–Crippen MR) is 53.7 cm³/mol. The number of likely N-dealkylation sites (tertiary alicyclic amines) is 1. The Hall–Kier alpha value is -0.530. The first kappa shape index (κ1) is 9.56. The Morgan fingerprint density at radius 3 is 2.75 bits per heavy atom. The van der Waals surface area contributed by atoms with Crippen molar-refractivity contribution in [1.29, 1.82) is 0 Å². The number of hydrogen-bond acceptors (Lipinski definition) is 1. The van der Waals surface area contributed by atoms with Gasteiger partial charge in [0.05, 0.1) is 5.84 Å². The summed E-state index contributed by atoms with van der Waals surface area (Å²) in [5, 5.41) is 0. The van der Waals surface area contributed by atoms with E-state index in [1.54, 1.807) is 0 Å². The number of aliphatic imine (C=N–C) groups is 1. The average Bonchev–Trinajstić information content (AvgIpc) is 2.05. The Kier molecular flexibility index (Phi) is 3.57. The molecular weight excluding hydrogens is 148 g/mol. The molecule has 0 unspecified atom stereocenters. The van der Waals surface area contributed by atoms with Crippen LogP contribution in [0.5, 0.6) is 0 Å². The topological polar surface area (TPSA) is 15.6 Å². The summed E-state index contributed by atoms with van der Waals surface area (Å²) < 4.78 is 0. The fourth-order valence-electron chi connectivity index (χ4n) is 1.75. The lowest BCUT2D eigenvalue weighted by molar-refractivity contribution is 0.312. The van der Waals surface area contributed by atoms with Crippen molar-refractivity contribution in [2.75, 3.05) is 13.1 Å². The van der Waals surface area contributed by atoms with Crippen LogP contribution in [0.4, 0.5) is 0 Å². The molecule has 0 radical (unpaired) electrons. The Bertz CT molecular complexity index is 161. The van der Waals surface area contributed by atoms with Crippen LogP contribution >= 0.6 is 0 Å². The summed E-state index contributed by atoms with van der Waals surface area (Å²) in [6.45, 7) is 8.74. The van der Waals surface area contributed by atoms with E-state index in [-0.39, 0.29) is 0 Å². The first-order valence-corrected chi connectivity index (χ1v) is 5.05. The fraction of sp³-hybridized carbons (Fsp3) is 0.900. The highest BCUT2D eigenvalue weighted by Gasteiger charge is 2.17. The van der Waals surface area contributed by atoms with Crippen LogP contribution in [0.3, 0.4) is 0 Å². The molecule has 0 spiro atoms. The highest BCUT2D eigenvalue weighted by molar-refractivity contribution is 5.83. The van der Waals surface area contributed by atoms with E-state index >= 15 is 0 Å². The maximum absolute atomic E-state index is 4.53. The molecular formula is C10H20N2. The molecule has 0 N–H and O–H groups in total. The van der Waals surface area contributed by atoms with Gasteiger partial charge in [-0.25, -0.2) is 0 Å². The molecule has 0 saturated carbocycles. The summed E-state index contributed by atoms with van der Waals surface area (Å²) in [4.78, 5) is 6.97. The highest BCUT2D eigenvalue weighted by Crippen LogP contribution is 2.14. The van der Waals surface area contributed by atoms with Crippen molar-refractivity contribution in [3.8, 4) is 0 Å². The third-order valence-corrected chi connectivity index (χ3v) is 2.34. The molecule has 0 aliphatic carbocycles. The van der Waals surface area contributed by atoms with Crippen LogP contribution in [-0.4, -0.2) is 29.9 Å². The van der Waals surface area contributed by atoms with E-state index in [0.717, 1.165) is 6.54 Å². The maximum atomic E-state index is 4.53. The molecule has 0 aromatic carbocycles. The van der Waals surface area contributed by atoms with E-state index in [9.17, 15) is 0 Å². The van der Waals surface area contributed by atoms with E-state index in [0.29, 0.717) is 6.04 Å². The minimum absolute atomic E-state index is 0.621. The van der Waals surface area contributed by atoms with Crippen molar-refractivity contribution in [3.63, 3.8) is 0 Å². The molecule has 0 atom stereocenters. The van der Waals surface area contributed by atoms with Gasteiger partial charge in [-0.15, -0.1) is 0 Å². The van der Waals surface area contributed by atoms with Crippen LogP contribution in [0.25, 0.3) is 0 Å². The zero-order valence-corrected chi connectivity index (χ0v) is 8.51. The zero-order valence-electron chi connectivity index (χ0n) is 8.51. The van der Waals surface area contributed by atoms with E-state index < -0.39 is 0 Å². The number of piperidine rings is 1. The number of nitrogens with zero attached hydrogens (tertiary/aromatic N) is 2. The molecule has 0 aromatic heterocycles. The molecule has 12 heavy (non-hydrogen) atoms. The minimum atomic E-state index is 0.621. The second-order valence-corrected chi connectivity index (χ2v) is 3.63. The molecule has 0 amide bonds. The molecule has 1 saturated heterocycles. The zero-order chi connectivity index (χ0) is 8.97. The molecule has 1 rings (SSSR count). The van der Waals surface area contributed by atoms with Crippen LogP contribution in [0.15, 0.2) is 4.99 Å². The first-order valence-electron chi connectivity index (χ1n) is 5.05. The van der Waals surface area contributed by atoms with Crippen LogP contribution in [0, 0.1) is 0 Å². The van der Waals surface area contributed by atoms with Crippen LogP contribution < -0.4 is 0 Å². The first-order chi connectivity index (χ1) is 5.75. The Balaban J connectivity index is 2.60. The lowest BCUT2D eigenvalue weighted by atomic mass is 10.1. The molecule has 70 valence electrons. The van der Waals surface area contributed by atoms with Crippen molar-refractivity contribution < 1.29 is 0 Å². The summed E-state index contributed by atoms with van der Waals surface area (Å²) in [7, 11) is 0. The van der Waals surface area contributed by atoms with Crippen LogP contribution in [0.1, 0.15) is 40.0 Å². The molecule has 1 aliphatic heterocycles. The smallest absolute Gasteiger partial charge is 0.0991 e. The van der Waals surface area contributed by atoms with Gasteiger partial charge < -0.3 is 4.90 Å². The fourth-order valence-corrected chi connectivity index (χ4v) is 1.75. The van der Waals surface area contributed by atoms with Crippen molar-refractivity contribution in [2.45, 2.75) is 46.1 Å². The maximum Gasteiger partial charge on any atom is 0.0991 e.